The fraction of sp³-hybridized carbons (Fsp3) is 0.478. The normalized spacial score (nSPS) is 28.5. The third-order valence-corrected chi connectivity index (χ3v) is 7.01. The summed E-state index contributed by atoms with van der Waals surface area (Å²) in [6.45, 7) is 9.00. The summed E-state index contributed by atoms with van der Waals surface area (Å²) >= 11 is 0. The van der Waals surface area contributed by atoms with Crippen LogP contribution in [0.15, 0.2) is 55.0 Å². The molecule has 1 amide bonds. The summed E-state index contributed by atoms with van der Waals surface area (Å²) in [6, 6.07) is 7.01. The smallest absolute Gasteiger partial charge is 0.459 e. The monoisotopic (exact) mass is 527 g/mol. The number of alkyl halides is 1. The maximum atomic E-state index is 15.5. The zero-order chi connectivity index (χ0) is 26.7. The van der Waals surface area contributed by atoms with Gasteiger partial charge >= 0.3 is 13.7 Å². The van der Waals surface area contributed by atoms with Crippen molar-refractivity contribution in [2.45, 2.75) is 63.9 Å². The number of nitrogens with one attached hydrogen (secondary N) is 2. The van der Waals surface area contributed by atoms with E-state index in [1.165, 1.54) is 30.2 Å². The van der Waals surface area contributed by atoms with E-state index in [1.807, 2.05) is 0 Å². The Labute approximate surface area is 208 Å². The first kappa shape index (κ1) is 27.8. The van der Waals surface area contributed by atoms with Crippen LogP contribution in [0.4, 0.5) is 4.39 Å². The Balaban J connectivity index is 1.76. The number of ether oxygens (including phenoxy) is 2. The van der Waals surface area contributed by atoms with Crippen LogP contribution >= 0.6 is 7.75 Å². The second-order valence-electron chi connectivity index (χ2n) is 8.82. The van der Waals surface area contributed by atoms with Gasteiger partial charge in [-0.3, -0.25) is 14.1 Å². The quantitative estimate of drug-likeness (QED) is 0.307. The van der Waals surface area contributed by atoms with Gasteiger partial charge in [0.15, 0.2) is 11.9 Å². The molecule has 0 saturated carbocycles. The first-order valence-corrected chi connectivity index (χ1v) is 12.8. The Morgan fingerprint density at radius 1 is 1.36 bits per heavy atom. The highest BCUT2D eigenvalue weighted by molar-refractivity contribution is 7.52. The van der Waals surface area contributed by atoms with Crippen molar-refractivity contribution < 1.29 is 42.2 Å². The summed E-state index contributed by atoms with van der Waals surface area (Å²) < 4.78 is 51.0. The zero-order valence-corrected chi connectivity index (χ0v) is 21.3. The number of nitrogens with zero attached hydrogens (tertiary/aromatic N) is 1. The van der Waals surface area contributed by atoms with E-state index in [4.69, 9.17) is 18.5 Å². The van der Waals surface area contributed by atoms with Gasteiger partial charge in [0.05, 0.1) is 12.7 Å². The number of esters is 1. The molecule has 13 heteroatoms. The lowest BCUT2D eigenvalue weighted by molar-refractivity contribution is -0.149. The average molecular weight is 527 g/mol. The van der Waals surface area contributed by atoms with Crippen LogP contribution in [0.25, 0.3) is 0 Å². The molecule has 0 radical (unpaired) electrons. The lowest BCUT2D eigenvalue weighted by Gasteiger charge is -2.35. The Morgan fingerprint density at radius 2 is 2.03 bits per heavy atom. The lowest BCUT2D eigenvalue weighted by Crippen LogP contribution is -2.51. The van der Waals surface area contributed by atoms with Crippen LogP contribution in [0, 0.1) is 0 Å². The SMILES string of the molecule is C=C1NC(=O)C=CN1[C@@H]1OC(CO[P@@](=O)(N[C@H](C)C(=O)OC(C)C)Oc2ccccc2)[C@@H](O)[C@@]1(C)F. The van der Waals surface area contributed by atoms with Crippen molar-refractivity contribution in [3.63, 3.8) is 0 Å². The topological polar surface area (TPSA) is 136 Å². The number of rotatable bonds is 10. The molecule has 0 spiro atoms. The molecule has 3 N–H and O–H groups in total. The van der Waals surface area contributed by atoms with E-state index in [9.17, 15) is 19.3 Å². The number of hydrogen-bond acceptors (Lipinski definition) is 9. The second kappa shape index (κ2) is 11.1. The van der Waals surface area contributed by atoms with Gasteiger partial charge in [-0.25, -0.2) is 8.96 Å². The predicted molar refractivity (Wildman–Crippen MR) is 127 cm³/mol. The van der Waals surface area contributed by atoms with Crippen molar-refractivity contribution in [1.29, 1.82) is 0 Å². The van der Waals surface area contributed by atoms with Crippen LogP contribution in [0.5, 0.6) is 5.75 Å². The minimum atomic E-state index is -4.25. The number of aliphatic hydroxyl groups excluding tert-OH is 1. The zero-order valence-electron chi connectivity index (χ0n) is 20.4. The third-order valence-electron chi connectivity index (χ3n) is 5.37. The Kier molecular flexibility index (Phi) is 8.58. The van der Waals surface area contributed by atoms with Crippen molar-refractivity contribution in [3.8, 4) is 5.75 Å². The van der Waals surface area contributed by atoms with E-state index in [1.54, 1.807) is 32.0 Å². The number of carbonyl (C=O) groups is 2. The number of benzene rings is 1. The van der Waals surface area contributed by atoms with E-state index < -0.39 is 62.5 Å². The maximum Gasteiger partial charge on any atom is 0.459 e. The summed E-state index contributed by atoms with van der Waals surface area (Å²) in [6.07, 6.45) is -2.30. The predicted octanol–water partition coefficient (Wildman–Crippen LogP) is 2.35. The molecule has 1 aromatic rings. The van der Waals surface area contributed by atoms with Crippen molar-refractivity contribution in [1.82, 2.24) is 15.3 Å². The van der Waals surface area contributed by atoms with Crippen LogP contribution in [0.3, 0.4) is 0 Å². The molecule has 2 aliphatic rings. The molecule has 2 heterocycles. The van der Waals surface area contributed by atoms with Crippen molar-refractivity contribution in [3.05, 3.63) is 55.0 Å². The van der Waals surface area contributed by atoms with Gasteiger partial charge in [0.2, 0.25) is 0 Å². The number of aliphatic hydroxyl groups is 1. The highest BCUT2D eigenvalue weighted by Gasteiger charge is 2.57. The summed E-state index contributed by atoms with van der Waals surface area (Å²) in [5.41, 5.74) is -2.32. The van der Waals surface area contributed by atoms with E-state index in [0.29, 0.717) is 0 Å². The minimum Gasteiger partial charge on any atom is -0.462 e. The molecular formula is C23H31FN3O8P. The molecule has 2 aliphatic heterocycles. The van der Waals surface area contributed by atoms with Crippen LogP contribution in [0.1, 0.15) is 27.7 Å². The summed E-state index contributed by atoms with van der Waals surface area (Å²) in [5.74, 6) is -0.881. The first-order chi connectivity index (χ1) is 16.8. The largest absolute Gasteiger partial charge is 0.462 e. The standard InChI is InChI=1S/C23H31FN3O8P/c1-14(2)33-21(30)15(3)26-36(31,35-17-9-7-6-8-10-17)32-13-18-20(29)23(5,24)22(34-18)27-12-11-19(28)25-16(27)4/h6-12,14-15,18,20,22,29H,4,13H2,1-3,5H3,(H,25,28)(H,26,31)/t15-,18?,20-,22-,23-,36+/m1/s1. The van der Waals surface area contributed by atoms with Crippen LogP contribution in [-0.4, -0.2) is 64.7 Å². The molecule has 36 heavy (non-hydrogen) atoms. The highest BCUT2D eigenvalue weighted by Crippen LogP contribution is 2.46. The van der Waals surface area contributed by atoms with Crippen LogP contribution in [0.2, 0.25) is 0 Å². The number of amides is 1. The highest BCUT2D eigenvalue weighted by atomic mass is 31.2. The molecule has 0 bridgehead atoms. The molecule has 0 aromatic heterocycles. The van der Waals surface area contributed by atoms with Crippen molar-refractivity contribution in [2.24, 2.45) is 0 Å². The number of hydrogen-bond donors (Lipinski definition) is 3. The van der Waals surface area contributed by atoms with Gasteiger partial charge in [-0.2, -0.15) is 5.09 Å². The van der Waals surface area contributed by atoms with Crippen molar-refractivity contribution >= 4 is 19.6 Å². The van der Waals surface area contributed by atoms with Gasteiger partial charge < -0.3 is 29.3 Å². The fourth-order valence-electron chi connectivity index (χ4n) is 3.56. The van der Waals surface area contributed by atoms with E-state index in [2.05, 4.69) is 17.0 Å². The van der Waals surface area contributed by atoms with Gasteiger partial charge in [-0.1, -0.05) is 24.8 Å². The van der Waals surface area contributed by atoms with Gasteiger partial charge in [-0.15, -0.1) is 0 Å². The van der Waals surface area contributed by atoms with Gasteiger partial charge in [0.1, 0.15) is 29.8 Å². The van der Waals surface area contributed by atoms with Gasteiger partial charge in [-0.05, 0) is 39.8 Å². The Hall–Kier alpha value is -2.76. The molecular weight excluding hydrogens is 496 g/mol. The third kappa shape index (κ3) is 6.51. The molecule has 0 aliphatic carbocycles. The molecule has 1 fully saturated rings. The van der Waals surface area contributed by atoms with Gasteiger partial charge in [0, 0.05) is 12.3 Å². The molecule has 198 valence electrons. The molecule has 3 rings (SSSR count). The van der Waals surface area contributed by atoms with E-state index in [-0.39, 0.29) is 11.6 Å². The summed E-state index contributed by atoms with van der Waals surface area (Å²) in [7, 11) is -4.25. The summed E-state index contributed by atoms with van der Waals surface area (Å²) in [4.78, 5) is 25.0. The molecule has 6 atom stereocenters. The van der Waals surface area contributed by atoms with E-state index in [0.717, 1.165) is 13.0 Å². The van der Waals surface area contributed by atoms with Crippen LogP contribution in [-0.2, 0) is 28.2 Å². The fourth-order valence-corrected chi connectivity index (χ4v) is 5.06. The van der Waals surface area contributed by atoms with Crippen LogP contribution < -0.4 is 14.9 Å². The van der Waals surface area contributed by atoms with Gasteiger partial charge in [0.25, 0.3) is 5.91 Å². The average Bonchev–Trinajstić information content (AvgIpc) is 3.01. The first-order valence-electron chi connectivity index (χ1n) is 11.3. The summed E-state index contributed by atoms with van der Waals surface area (Å²) in [5, 5.41) is 15.6. The lowest BCUT2D eigenvalue weighted by atomic mass is 9.98. The minimum absolute atomic E-state index is 0.0578. The molecule has 11 nitrogen and oxygen atoms in total. The van der Waals surface area contributed by atoms with E-state index >= 15 is 4.39 Å². The number of halogens is 1. The Morgan fingerprint density at radius 3 is 2.64 bits per heavy atom. The Bertz CT molecular complexity index is 1050. The second-order valence-corrected chi connectivity index (χ2v) is 10.5. The van der Waals surface area contributed by atoms with Crippen molar-refractivity contribution in [2.75, 3.05) is 6.61 Å². The number of carbonyl (C=O) groups excluding carboxylic acids is 2. The molecule has 1 aromatic carbocycles. The molecule has 1 unspecified atom stereocenters. The molecule has 1 saturated heterocycles. The maximum absolute atomic E-state index is 15.5. The number of para-hydroxylation sites is 1.